The summed E-state index contributed by atoms with van der Waals surface area (Å²) in [5.41, 5.74) is -0.950. The van der Waals surface area contributed by atoms with Crippen LogP contribution in [0.25, 0.3) is 0 Å². The van der Waals surface area contributed by atoms with Crippen LogP contribution in [0.15, 0.2) is 18.3 Å². The van der Waals surface area contributed by atoms with Crippen LogP contribution in [-0.4, -0.2) is 24.7 Å². The number of hydrogen-bond acceptors (Lipinski definition) is 3. The first-order valence-electron chi connectivity index (χ1n) is 5.93. The quantitative estimate of drug-likeness (QED) is 0.906. The second kappa shape index (κ2) is 5.56. The molecule has 1 aliphatic heterocycles. The highest BCUT2D eigenvalue weighted by molar-refractivity contribution is 5.29. The molecule has 0 saturated carbocycles. The lowest BCUT2D eigenvalue weighted by Gasteiger charge is -2.23. The lowest BCUT2D eigenvalue weighted by molar-refractivity contribution is -0.142. The summed E-state index contributed by atoms with van der Waals surface area (Å²) in [6.45, 7) is 2.06. The normalized spacial score (nSPS) is 20.7. The fourth-order valence-electron chi connectivity index (χ4n) is 1.99. The molecule has 2 heterocycles. The molecule has 18 heavy (non-hydrogen) atoms. The summed E-state index contributed by atoms with van der Waals surface area (Å²) in [4.78, 5) is 3.35. The molecule has 1 unspecified atom stereocenters. The van der Waals surface area contributed by atoms with Crippen molar-refractivity contribution in [1.29, 1.82) is 0 Å². The van der Waals surface area contributed by atoms with E-state index in [9.17, 15) is 13.2 Å². The predicted octanol–water partition coefficient (Wildman–Crippen LogP) is 2.48. The van der Waals surface area contributed by atoms with E-state index in [0.717, 1.165) is 32.1 Å². The summed E-state index contributed by atoms with van der Waals surface area (Å²) >= 11 is 0. The molecule has 3 nitrogen and oxygen atoms in total. The average molecular weight is 260 g/mol. The van der Waals surface area contributed by atoms with E-state index >= 15 is 0 Å². The molecule has 0 spiro atoms. The SMILES string of the molecule is FC(F)(F)c1ncccc1OCC1CCCNC1. The Kier molecular flexibility index (Phi) is 4.06. The topological polar surface area (TPSA) is 34.1 Å². The van der Waals surface area contributed by atoms with Crippen molar-refractivity contribution >= 4 is 0 Å². The smallest absolute Gasteiger partial charge is 0.437 e. The van der Waals surface area contributed by atoms with Crippen LogP contribution in [0.3, 0.4) is 0 Å². The fourth-order valence-corrected chi connectivity index (χ4v) is 1.99. The maximum atomic E-state index is 12.7. The largest absolute Gasteiger partial charge is 0.491 e. The number of aromatic nitrogens is 1. The number of pyridine rings is 1. The molecule has 1 N–H and O–H groups in total. The van der Waals surface area contributed by atoms with Gasteiger partial charge in [-0.3, -0.25) is 0 Å². The zero-order valence-corrected chi connectivity index (χ0v) is 9.83. The number of ether oxygens (including phenoxy) is 1. The van der Waals surface area contributed by atoms with E-state index < -0.39 is 11.9 Å². The highest BCUT2D eigenvalue weighted by atomic mass is 19.4. The molecule has 1 aromatic rings. The van der Waals surface area contributed by atoms with Crippen molar-refractivity contribution in [3.05, 3.63) is 24.0 Å². The van der Waals surface area contributed by atoms with Crippen LogP contribution >= 0.6 is 0 Å². The molecule has 1 saturated heterocycles. The zero-order chi connectivity index (χ0) is 13.0. The zero-order valence-electron chi connectivity index (χ0n) is 9.83. The number of nitrogens with zero attached hydrogens (tertiary/aromatic N) is 1. The Morgan fingerprint density at radius 2 is 2.28 bits per heavy atom. The molecule has 1 fully saturated rings. The van der Waals surface area contributed by atoms with E-state index in [1.54, 1.807) is 0 Å². The lowest BCUT2D eigenvalue weighted by atomic mass is 10.0. The van der Waals surface area contributed by atoms with Crippen LogP contribution < -0.4 is 10.1 Å². The van der Waals surface area contributed by atoms with Gasteiger partial charge in [0.1, 0.15) is 5.75 Å². The monoisotopic (exact) mass is 260 g/mol. The third kappa shape index (κ3) is 3.35. The Balaban J connectivity index is 2.00. The summed E-state index contributed by atoms with van der Waals surface area (Å²) in [6.07, 6.45) is -1.33. The van der Waals surface area contributed by atoms with Gasteiger partial charge in [0.05, 0.1) is 6.61 Å². The number of halogens is 3. The third-order valence-electron chi connectivity index (χ3n) is 2.91. The van der Waals surface area contributed by atoms with Crippen LogP contribution in [0.4, 0.5) is 13.2 Å². The minimum Gasteiger partial charge on any atom is -0.491 e. The lowest BCUT2D eigenvalue weighted by Crippen LogP contribution is -2.33. The average Bonchev–Trinajstić information content (AvgIpc) is 2.37. The van der Waals surface area contributed by atoms with Gasteiger partial charge in [-0.1, -0.05) is 0 Å². The van der Waals surface area contributed by atoms with Gasteiger partial charge in [-0.05, 0) is 31.5 Å². The summed E-state index contributed by atoms with van der Waals surface area (Å²) in [7, 11) is 0. The Bertz CT molecular complexity index is 389. The highest BCUT2D eigenvalue weighted by Crippen LogP contribution is 2.34. The van der Waals surface area contributed by atoms with Gasteiger partial charge in [0.25, 0.3) is 0 Å². The summed E-state index contributed by atoms with van der Waals surface area (Å²) in [6, 6.07) is 2.76. The van der Waals surface area contributed by atoms with Crippen molar-refractivity contribution in [3.63, 3.8) is 0 Å². The Morgan fingerprint density at radius 1 is 1.44 bits per heavy atom. The molecule has 1 atom stereocenters. The van der Waals surface area contributed by atoms with Crippen molar-refractivity contribution in [2.24, 2.45) is 5.92 Å². The second-order valence-corrected chi connectivity index (χ2v) is 4.37. The van der Waals surface area contributed by atoms with E-state index in [-0.39, 0.29) is 11.7 Å². The van der Waals surface area contributed by atoms with Crippen LogP contribution in [0.5, 0.6) is 5.75 Å². The van der Waals surface area contributed by atoms with Gasteiger partial charge >= 0.3 is 6.18 Å². The van der Waals surface area contributed by atoms with Gasteiger partial charge in [0.2, 0.25) is 0 Å². The van der Waals surface area contributed by atoms with Crippen molar-refractivity contribution < 1.29 is 17.9 Å². The molecule has 1 aliphatic rings. The summed E-state index contributed by atoms with van der Waals surface area (Å²) in [5.74, 6) is 0.0793. The predicted molar refractivity (Wildman–Crippen MR) is 60.3 cm³/mol. The first-order valence-corrected chi connectivity index (χ1v) is 5.93. The number of rotatable bonds is 3. The molecule has 0 bridgehead atoms. The minimum atomic E-state index is -4.47. The summed E-state index contributed by atoms with van der Waals surface area (Å²) in [5, 5.41) is 3.20. The number of hydrogen-bond donors (Lipinski definition) is 1. The van der Waals surface area contributed by atoms with Crippen molar-refractivity contribution in [2.45, 2.75) is 19.0 Å². The van der Waals surface area contributed by atoms with Gasteiger partial charge in [-0.2, -0.15) is 13.2 Å². The number of nitrogens with one attached hydrogen (secondary N) is 1. The van der Waals surface area contributed by atoms with E-state index in [4.69, 9.17) is 4.74 Å². The molecule has 0 amide bonds. The van der Waals surface area contributed by atoms with E-state index in [1.807, 2.05) is 0 Å². The number of alkyl halides is 3. The molecule has 2 rings (SSSR count). The van der Waals surface area contributed by atoms with Crippen LogP contribution in [0, 0.1) is 5.92 Å². The van der Waals surface area contributed by atoms with Gasteiger partial charge < -0.3 is 10.1 Å². The van der Waals surface area contributed by atoms with E-state index in [1.165, 1.54) is 12.1 Å². The van der Waals surface area contributed by atoms with Crippen molar-refractivity contribution in [2.75, 3.05) is 19.7 Å². The maximum absolute atomic E-state index is 12.7. The first kappa shape index (κ1) is 13.1. The van der Waals surface area contributed by atoms with Gasteiger partial charge in [0, 0.05) is 18.7 Å². The van der Waals surface area contributed by atoms with Gasteiger partial charge in [0.15, 0.2) is 5.69 Å². The molecule has 0 radical (unpaired) electrons. The van der Waals surface area contributed by atoms with Crippen LogP contribution in [-0.2, 0) is 6.18 Å². The Morgan fingerprint density at radius 3 is 2.94 bits per heavy atom. The van der Waals surface area contributed by atoms with Gasteiger partial charge in [-0.15, -0.1) is 0 Å². The van der Waals surface area contributed by atoms with Crippen molar-refractivity contribution in [1.82, 2.24) is 10.3 Å². The Hall–Kier alpha value is -1.30. The molecule has 0 aromatic carbocycles. The van der Waals surface area contributed by atoms with Gasteiger partial charge in [-0.25, -0.2) is 4.98 Å². The molecule has 0 aliphatic carbocycles. The molecule has 1 aromatic heterocycles. The molecule has 100 valence electrons. The molecular weight excluding hydrogens is 245 g/mol. The van der Waals surface area contributed by atoms with Crippen LogP contribution in [0.2, 0.25) is 0 Å². The van der Waals surface area contributed by atoms with E-state index in [0.29, 0.717) is 6.61 Å². The standard InChI is InChI=1S/C12H15F3N2O/c13-12(14,15)11-10(4-2-6-17-11)18-8-9-3-1-5-16-7-9/h2,4,6,9,16H,1,3,5,7-8H2. The third-order valence-corrected chi connectivity index (χ3v) is 2.91. The second-order valence-electron chi connectivity index (χ2n) is 4.37. The summed E-state index contributed by atoms with van der Waals surface area (Å²) < 4.78 is 43.3. The first-order chi connectivity index (χ1) is 8.57. The fraction of sp³-hybridized carbons (Fsp3) is 0.583. The maximum Gasteiger partial charge on any atom is 0.437 e. The molecular formula is C12H15F3N2O. The van der Waals surface area contributed by atoms with Crippen molar-refractivity contribution in [3.8, 4) is 5.75 Å². The highest BCUT2D eigenvalue weighted by Gasteiger charge is 2.36. The molecule has 6 heteroatoms. The minimum absolute atomic E-state index is 0.185. The Labute approximate surface area is 103 Å². The van der Waals surface area contributed by atoms with Crippen LogP contribution in [0.1, 0.15) is 18.5 Å². The number of piperidine rings is 1. The van der Waals surface area contributed by atoms with E-state index in [2.05, 4.69) is 10.3 Å².